The Kier molecular flexibility index (Phi) is 5.01. The SMILES string of the molecule is COCC1=CCN(C(=O)COc2cccc(N)c2)CC1. The highest BCUT2D eigenvalue weighted by Gasteiger charge is 2.17. The lowest BCUT2D eigenvalue weighted by Gasteiger charge is -2.26. The van der Waals surface area contributed by atoms with Gasteiger partial charge in [-0.2, -0.15) is 0 Å². The molecule has 0 atom stereocenters. The summed E-state index contributed by atoms with van der Waals surface area (Å²) in [6, 6.07) is 7.08. The smallest absolute Gasteiger partial charge is 0.260 e. The zero-order valence-electron chi connectivity index (χ0n) is 11.7. The highest BCUT2D eigenvalue weighted by Crippen LogP contribution is 2.15. The fraction of sp³-hybridized carbons (Fsp3) is 0.400. The Balaban J connectivity index is 1.81. The Morgan fingerprint density at radius 1 is 1.45 bits per heavy atom. The Hall–Kier alpha value is -2.01. The number of nitrogen functional groups attached to an aromatic ring is 1. The maximum Gasteiger partial charge on any atom is 0.260 e. The van der Waals surface area contributed by atoms with Crippen LogP contribution in [0.15, 0.2) is 35.9 Å². The number of hydrogen-bond acceptors (Lipinski definition) is 4. The molecule has 0 unspecified atom stereocenters. The molecule has 1 heterocycles. The number of methoxy groups -OCH3 is 1. The van der Waals surface area contributed by atoms with Crippen LogP contribution >= 0.6 is 0 Å². The number of carbonyl (C=O) groups is 1. The highest BCUT2D eigenvalue weighted by atomic mass is 16.5. The number of ether oxygens (including phenoxy) is 2. The fourth-order valence-corrected chi connectivity index (χ4v) is 2.09. The van der Waals surface area contributed by atoms with Gasteiger partial charge in [-0.25, -0.2) is 0 Å². The van der Waals surface area contributed by atoms with E-state index in [1.807, 2.05) is 6.08 Å². The van der Waals surface area contributed by atoms with Crippen LogP contribution in [-0.4, -0.2) is 44.2 Å². The first kappa shape index (κ1) is 14.4. The summed E-state index contributed by atoms with van der Waals surface area (Å²) in [6.07, 6.45) is 2.91. The highest BCUT2D eigenvalue weighted by molar-refractivity contribution is 5.78. The van der Waals surface area contributed by atoms with Gasteiger partial charge in [0.2, 0.25) is 0 Å². The van der Waals surface area contributed by atoms with Gasteiger partial charge in [0.1, 0.15) is 5.75 Å². The summed E-state index contributed by atoms with van der Waals surface area (Å²) in [5.74, 6) is 0.603. The first-order valence-electron chi connectivity index (χ1n) is 6.62. The van der Waals surface area contributed by atoms with Gasteiger partial charge in [0.05, 0.1) is 6.61 Å². The van der Waals surface area contributed by atoms with E-state index in [0.29, 0.717) is 31.1 Å². The summed E-state index contributed by atoms with van der Waals surface area (Å²) in [7, 11) is 1.68. The Bertz CT molecular complexity index is 500. The quantitative estimate of drug-likeness (QED) is 0.653. The molecule has 0 saturated carbocycles. The molecule has 0 saturated heterocycles. The number of carbonyl (C=O) groups excluding carboxylic acids is 1. The van der Waals surface area contributed by atoms with Crippen LogP contribution in [0.4, 0.5) is 5.69 Å². The number of rotatable bonds is 5. The van der Waals surface area contributed by atoms with Crippen molar-refractivity contribution < 1.29 is 14.3 Å². The van der Waals surface area contributed by atoms with Crippen molar-refractivity contribution in [2.45, 2.75) is 6.42 Å². The van der Waals surface area contributed by atoms with E-state index in [4.69, 9.17) is 15.2 Å². The number of hydrogen-bond donors (Lipinski definition) is 1. The number of benzene rings is 1. The lowest BCUT2D eigenvalue weighted by atomic mass is 10.1. The minimum absolute atomic E-state index is 0.0138. The molecule has 2 N–H and O–H groups in total. The van der Waals surface area contributed by atoms with E-state index in [0.717, 1.165) is 6.42 Å². The minimum atomic E-state index is -0.0138. The van der Waals surface area contributed by atoms with Crippen LogP contribution in [-0.2, 0) is 9.53 Å². The molecule has 1 aromatic rings. The van der Waals surface area contributed by atoms with E-state index in [-0.39, 0.29) is 12.5 Å². The second-order valence-corrected chi connectivity index (χ2v) is 4.75. The van der Waals surface area contributed by atoms with Crippen LogP contribution in [0.5, 0.6) is 5.75 Å². The van der Waals surface area contributed by atoms with Gasteiger partial charge in [0, 0.05) is 32.0 Å². The van der Waals surface area contributed by atoms with Gasteiger partial charge in [-0.1, -0.05) is 12.1 Å². The topological polar surface area (TPSA) is 64.8 Å². The van der Waals surface area contributed by atoms with Crippen LogP contribution < -0.4 is 10.5 Å². The molecule has 20 heavy (non-hydrogen) atoms. The van der Waals surface area contributed by atoms with Gasteiger partial charge < -0.3 is 20.1 Å². The zero-order chi connectivity index (χ0) is 14.4. The van der Waals surface area contributed by atoms with E-state index in [9.17, 15) is 4.79 Å². The predicted octanol–water partition coefficient (Wildman–Crippen LogP) is 1.45. The molecule has 0 aliphatic carbocycles. The van der Waals surface area contributed by atoms with Crippen molar-refractivity contribution in [2.75, 3.05) is 39.1 Å². The maximum atomic E-state index is 12.0. The predicted molar refractivity (Wildman–Crippen MR) is 77.5 cm³/mol. The summed E-state index contributed by atoms with van der Waals surface area (Å²) >= 11 is 0. The molecule has 5 nitrogen and oxygen atoms in total. The summed E-state index contributed by atoms with van der Waals surface area (Å²) in [6.45, 7) is 2.02. The first-order valence-corrected chi connectivity index (χ1v) is 6.62. The van der Waals surface area contributed by atoms with Crippen molar-refractivity contribution in [3.8, 4) is 5.75 Å². The Morgan fingerprint density at radius 2 is 2.30 bits per heavy atom. The Labute approximate surface area is 119 Å². The minimum Gasteiger partial charge on any atom is -0.484 e. The van der Waals surface area contributed by atoms with Crippen molar-refractivity contribution in [3.05, 3.63) is 35.9 Å². The van der Waals surface area contributed by atoms with Crippen molar-refractivity contribution in [3.63, 3.8) is 0 Å². The lowest BCUT2D eigenvalue weighted by molar-refractivity contribution is -0.133. The maximum absolute atomic E-state index is 12.0. The largest absolute Gasteiger partial charge is 0.484 e. The van der Waals surface area contributed by atoms with E-state index in [2.05, 4.69) is 0 Å². The van der Waals surface area contributed by atoms with Gasteiger partial charge in [0.15, 0.2) is 6.61 Å². The van der Waals surface area contributed by atoms with Crippen molar-refractivity contribution in [1.29, 1.82) is 0 Å². The average Bonchev–Trinajstić information content (AvgIpc) is 2.46. The summed E-state index contributed by atoms with van der Waals surface area (Å²) < 4.78 is 10.5. The number of nitrogens with two attached hydrogens (primary N) is 1. The zero-order valence-corrected chi connectivity index (χ0v) is 11.7. The molecule has 0 aromatic heterocycles. The Morgan fingerprint density at radius 3 is 2.95 bits per heavy atom. The molecule has 0 radical (unpaired) electrons. The second kappa shape index (κ2) is 6.96. The van der Waals surface area contributed by atoms with Crippen LogP contribution in [0, 0.1) is 0 Å². The van der Waals surface area contributed by atoms with Crippen molar-refractivity contribution in [2.24, 2.45) is 0 Å². The van der Waals surface area contributed by atoms with Gasteiger partial charge in [0.25, 0.3) is 5.91 Å². The normalized spacial score (nSPS) is 14.8. The standard InChI is InChI=1S/C15H20N2O3/c1-19-10-12-5-7-17(8-6-12)15(18)11-20-14-4-2-3-13(16)9-14/h2-5,9H,6-8,10-11,16H2,1H3. The molecule has 1 amide bonds. The molecule has 0 fully saturated rings. The van der Waals surface area contributed by atoms with Crippen LogP contribution in [0.3, 0.4) is 0 Å². The van der Waals surface area contributed by atoms with Gasteiger partial charge in [-0.15, -0.1) is 0 Å². The fourth-order valence-electron chi connectivity index (χ4n) is 2.09. The molecule has 5 heteroatoms. The number of nitrogens with zero attached hydrogens (tertiary/aromatic N) is 1. The molecule has 2 rings (SSSR count). The molecular weight excluding hydrogens is 256 g/mol. The molecule has 1 aliphatic rings. The van der Waals surface area contributed by atoms with Crippen molar-refractivity contribution in [1.82, 2.24) is 4.90 Å². The van der Waals surface area contributed by atoms with Crippen LogP contribution in [0.25, 0.3) is 0 Å². The molecule has 108 valence electrons. The van der Waals surface area contributed by atoms with E-state index < -0.39 is 0 Å². The first-order chi connectivity index (χ1) is 9.69. The van der Waals surface area contributed by atoms with Crippen LogP contribution in [0.2, 0.25) is 0 Å². The molecule has 0 spiro atoms. The monoisotopic (exact) mass is 276 g/mol. The third-order valence-corrected chi connectivity index (χ3v) is 3.21. The summed E-state index contributed by atoms with van der Waals surface area (Å²) in [5, 5.41) is 0. The van der Waals surface area contributed by atoms with Crippen LogP contribution in [0.1, 0.15) is 6.42 Å². The number of anilines is 1. The molecule has 0 bridgehead atoms. The van der Waals surface area contributed by atoms with Gasteiger partial charge >= 0.3 is 0 Å². The summed E-state index contributed by atoms with van der Waals surface area (Å²) in [5.41, 5.74) is 7.53. The molecule has 1 aliphatic heterocycles. The van der Waals surface area contributed by atoms with E-state index in [1.54, 1.807) is 36.3 Å². The molecular formula is C15H20N2O3. The third kappa shape index (κ3) is 3.99. The second-order valence-electron chi connectivity index (χ2n) is 4.75. The van der Waals surface area contributed by atoms with Gasteiger partial charge in [-0.3, -0.25) is 4.79 Å². The van der Waals surface area contributed by atoms with Gasteiger partial charge in [-0.05, 0) is 24.1 Å². The summed E-state index contributed by atoms with van der Waals surface area (Å²) in [4.78, 5) is 13.8. The van der Waals surface area contributed by atoms with E-state index >= 15 is 0 Å². The lowest BCUT2D eigenvalue weighted by Crippen LogP contribution is -2.38. The number of amides is 1. The molecule has 1 aromatic carbocycles. The average molecular weight is 276 g/mol. The van der Waals surface area contributed by atoms with E-state index in [1.165, 1.54) is 5.57 Å². The third-order valence-electron chi connectivity index (χ3n) is 3.21. The van der Waals surface area contributed by atoms with Crippen molar-refractivity contribution >= 4 is 11.6 Å².